The van der Waals surface area contributed by atoms with Gasteiger partial charge >= 0.3 is 0 Å². The van der Waals surface area contributed by atoms with Crippen LogP contribution in [0.25, 0.3) is 0 Å². The van der Waals surface area contributed by atoms with E-state index in [1.165, 1.54) is 22.3 Å². The summed E-state index contributed by atoms with van der Waals surface area (Å²) in [6.45, 7) is 2.95. The van der Waals surface area contributed by atoms with E-state index in [1.807, 2.05) is 0 Å². The summed E-state index contributed by atoms with van der Waals surface area (Å²) in [5.74, 6) is 1.03. The van der Waals surface area contributed by atoms with Gasteiger partial charge in [0.1, 0.15) is 5.75 Å². The van der Waals surface area contributed by atoms with Gasteiger partial charge < -0.3 is 10.5 Å². The second-order valence-electron chi connectivity index (χ2n) is 5.62. The number of rotatable bonds is 3. The molecule has 3 rings (SSSR count). The summed E-state index contributed by atoms with van der Waals surface area (Å²) >= 11 is 0. The van der Waals surface area contributed by atoms with Gasteiger partial charge in [-0.1, -0.05) is 42.0 Å². The summed E-state index contributed by atoms with van der Waals surface area (Å²) in [5, 5.41) is 0. The van der Waals surface area contributed by atoms with Gasteiger partial charge in [-0.2, -0.15) is 0 Å². The molecule has 2 nitrogen and oxygen atoms in total. The number of hydrogen-bond donors (Lipinski definition) is 1. The molecule has 1 heterocycles. The van der Waals surface area contributed by atoms with Gasteiger partial charge in [0.2, 0.25) is 0 Å². The van der Waals surface area contributed by atoms with Crippen molar-refractivity contribution in [2.45, 2.75) is 32.2 Å². The van der Waals surface area contributed by atoms with Crippen LogP contribution in [0, 0.1) is 6.92 Å². The van der Waals surface area contributed by atoms with Gasteiger partial charge in [0.15, 0.2) is 0 Å². The highest BCUT2D eigenvalue weighted by molar-refractivity contribution is 5.40. The second kappa shape index (κ2) is 5.68. The van der Waals surface area contributed by atoms with Gasteiger partial charge in [-0.25, -0.2) is 0 Å². The number of fused-ring (bicyclic) bond motifs is 1. The van der Waals surface area contributed by atoms with Crippen molar-refractivity contribution in [1.82, 2.24) is 0 Å². The first-order chi connectivity index (χ1) is 9.72. The Bertz CT molecular complexity index is 606. The van der Waals surface area contributed by atoms with Crippen molar-refractivity contribution >= 4 is 0 Å². The van der Waals surface area contributed by atoms with E-state index >= 15 is 0 Å². The van der Waals surface area contributed by atoms with E-state index < -0.39 is 0 Å². The predicted octanol–water partition coefficient (Wildman–Crippen LogP) is 3.56. The molecule has 2 aromatic carbocycles. The third-order valence-electron chi connectivity index (χ3n) is 3.90. The number of aryl methyl sites for hydroxylation is 2. The quantitative estimate of drug-likeness (QED) is 0.922. The molecule has 2 heteroatoms. The molecule has 0 spiro atoms. The first-order valence-corrected chi connectivity index (χ1v) is 7.29. The number of hydrogen-bond acceptors (Lipinski definition) is 2. The first kappa shape index (κ1) is 13.2. The van der Waals surface area contributed by atoms with E-state index in [9.17, 15) is 0 Å². The Morgan fingerprint density at radius 1 is 1.20 bits per heavy atom. The largest absolute Gasteiger partial charge is 0.493 e. The summed E-state index contributed by atoms with van der Waals surface area (Å²) in [6.07, 6.45) is 3.07. The van der Waals surface area contributed by atoms with Crippen molar-refractivity contribution < 1.29 is 4.74 Å². The van der Waals surface area contributed by atoms with Crippen LogP contribution < -0.4 is 10.5 Å². The Morgan fingerprint density at radius 3 is 2.95 bits per heavy atom. The molecule has 0 saturated heterocycles. The third-order valence-corrected chi connectivity index (χ3v) is 3.90. The van der Waals surface area contributed by atoms with Crippen LogP contribution >= 0.6 is 0 Å². The molecule has 2 aromatic rings. The lowest BCUT2D eigenvalue weighted by Gasteiger charge is -2.20. The fourth-order valence-electron chi connectivity index (χ4n) is 2.82. The number of benzene rings is 2. The molecule has 0 bridgehead atoms. The van der Waals surface area contributed by atoms with Gasteiger partial charge in [0, 0.05) is 6.04 Å². The maximum Gasteiger partial charge on any atom is 0.122 e. The second-order valence-corrected chi connectivity index (χ2v) is 5.62. The van der Waals surface area contributed by atoms with Crippen LogP contribution in [0.4, 0.5) is 0 Å². The minimum Gasteiger partial charge on any atom is -0.493 e. The maximum atomic E-state index is 6.37. The monoisotopic (exact) mass is 267 g/mol. The molecule has 104 valence electrons. The van der Waals surface area contributed by atoms with Gasteiger partial charge in [-0.05, 0) is 48.9 Å². The minimum absolute atomic E-state index is 0.0454. The topological polar surface area (TPSA) is 35.2 Å². The Hall–Kier alpha value is -1.80. The number of ether oxygens (including phenoxy) is 1. The van der Waals surface area contributed by atoms with E-state index in [0.717, 1.165) is 31.6 Å². The fourth-order valence-corrected chi connectivity index (χ4v) is 2.82. The van der Waals surface area contributed by atoms with Crippen molar-refractivity contribution in [3.8, 4) is 5.75 Å². The molecule has 1 atom stereocenters. The summed E-state index contributed by atoms with van der Waals surface area (Å²) in [6, 6.07) is 15.0. The molecular weight excluding hydrogens is 246 g/mol. The zero-order valence-corrected chi connectivity index (χ0v) is 11.9. The van der Waals surface area contributed by atoms with Crippen LogP contribution in [0.5, 0.6) is 5.75 Å². The molecular formula is C18H21NO. The Kier molecular flexibility index (Phi) is 3.75. The van der Waals surface area contributed by atoms with E-state index in [2.05, 4.69) is 49.4 Å². The molecule has 0 fully saturated rings. The average molecular weight is 267 g/mol. The third kappa shape index (κ3) is 2.86. The molecule has 1 unspecified atom stereocenters. The van der Waals surface area contributed by atoms with E-state index in [-0.39, 0.29) is 6.04 Å². The highest BCUT2D eigenvalue weighted by atomic mass is 16.5. The summed E-state index contributed by atoms with van der Waals surface area (Å²) in [7, 11) is 0. The van der Waals surface area contributed by atoms with Gasteiger partial charge in [0.05, 0.1) is 6.61 Å². The Balaban J connectivity index is 1.78. The van der Waals surface area contributed by atoms with Gasteiger partial charge in [0.25, 0.3) is 0 Å². The average Bonchev–Trinajstić information content (AvgIpc) is 2.47. The highest BCUT2D eigenvalue weighted by Gasteiger charge is 2.14. The summed E-state index contributed by atoms with van der Waals surface area (Å²) in [5.41, 5.74) is 11.5. The van der Waals surface area contributed by atoms with E-state index in [1.54, 1.807) is 0 Å². The van der Waals surface area contributed by atoms with E-state index in [0.29, 0.717) is 0 Å². The predicted molar refractivity (Wildman–Crippen MR) is 82.1 cm³/mol. The van der Waals surface area contributed by atoms with Gasteiger partial charge in [-0.3, -0.25) is 0 Å². The molecule has 1 aliphatic heterocycles. The minimum atomic E-state index is 0.0454. The lowest BCUT2D eigenvalue weighted by atomic mass is 9.95. The molecule has 0 aromatic heterocycles. The SMILES string of the molecule is Cc1cccc(CC(N)c2ccc3c(c2)CCCO3)c1. The molecule has 0 radical (unpaired) electrons. The maximum absolute atomic E-state index is 6.37. The van der Waals surface area contributed by atoms with Crippen LogP contribution in [0.3, 0.4) is 0 Å². The van der Waals surface area contributed by atoms with Crippen LogP contribution in [-0.2, 0) is 12.8 Å². The zero-order chi connectivity index (χ0) is 13.9. The summed E-state index contributed by atoms with van der Waals surface area (Å²) < 4.78 is 5.65. The Labute approximate surface area is 120 Å². The lowest BCUT2D eigenvalue weighted by Crippen LogP contribution is -2.15. The standard InChI is InChI=1S/C18H21NO/c1-13-4-2-5-14(10-13)11-17(19)15-7-8-18-16(12-15)6-3-9-20-18/h2,4-5,7-8,10,12,17H,3,6,9,11,19H2,1H3. The molecule has 0 aliphatic carbocycles. The van der Waals surface area contributed by atoms with Crippen molar-refractivity contribution in [2.75, 3.05) is 6.61 Å². The van der Waals surface area contributed by atoms with Crippen molar-refractivity contribution in [3.05, 3.63) is 64.7 Å². The molecule has 2 N–H and O–H groups in total. The lowest BCUT2D eigenvalue weighted by molar-refractivity contribution is 0.288. The van der Waals surface area contributed by atoms with Crippen LogP contribution in [0.15, 0.2) is 42.5 Å². The van der Waals surface area contributed by atoms with Crippen molar-refractivity contribution in [2.24, 2.45) is 5.73 Å². The van der Waals surface area contributed by atoms with Crippen LogP contribution in [0.2, 0.25) is 0 Å². The highest BCUT2D eigenvalue weighted by Crippen LogP contribution is 2.28. The first-order valence-electron chi connectivity index (χ1n) is 7.29. The Morgan fingerprint density at radius 2 is 2.10 bits per heavy atom. The zero-order valence-electron chi connectivity index (χ0n) is 11.9. The molecule has 20 heavy (non-hydrogen) atoms. The van der Waals surface area contributed by atoms with E-state index in [4.69, 9.17) is 10.5 Å². The molecule has 0 saturated carbocycles. The van der Waals surface area contributed by atoms with Gasteiger partial charge in [-0.15, -0.1) is 0 Å². The van der Waals surface area contributed by atoms with Crippen LogP contribution in [-0.4, -0.2) is 6.61 Å². The normalized spacial score (nSPS) is 15.3. The smallest absolute Gasteiger partial charge is 0.122 e. The van der Waals surface area contributed by atoms with Crippen molar-refractivity contribution in [3.63, 3.8) is 0 Å². The number of nitrogens with two attached hydrogens (primary N) is 1. The molecule has 0 amide bonds. The van der Waals surface area contributed by atoms with Crippen molar-refractivity contribution in [1.29, 1.82) is 0 Å². The summed E-state index contributed by atoms with van der Waals surface area (Å²) in [4.78, 5) is 0. The molecule has 1 aliphatic rings. The van der Waals surface area contributed by atoms with Crippen LogP contribution in [0.1, 0.15) is 34.7 Å². The fraction of sp³-hybridized carbons (Fsp3) is 0.333.